The summed E-state index contributed by atoms with van der Waals surface area (Å²) < 4.78 is 1.02. The van der Waals surface area contributed by atoms with Gasteiger partial charge in [-0.05, 0) is 25.1 Å². The van der Waals surface area contributed by atoms with E-state index in [4.69, 9.17) is 0 Å². The fraction of sp³-hybridized carbons (Fsp3) is 0.417. The largest absolute Gasteiger partial charge is 0.370 e. The summed E-state index contributed by atoms with van der Waals surface area (Å²) in [5.41, 5.74) is 1.20. The molecule has 0 radical (unpaired) electrons. The van der Waals surface area contributed by atoms with Crippen molar-refractivity contribution in [3.05, 3.63) is 23.5 Å². The van der Waals surface area contributed by atoms with E-state index in [-0.39, 0.29) is 0 Å². The van der Waals surface area contributed by atoms with Gasteiger partial charge in [0.25, 0.3) is 0 Å². The number of thiazole rings is 1. The Morgan fingerprint density at radius 1 is 1.28 bits per heavy atom. The average molecular weight is 280 g/mol. The van der Waals surface area contributed by atoms with Crippen molar-refractivity contribution in [3.8, 4) is 0 Å². The zero-order valence-corrected chi connectivity index (χ0v) is 12.1. The minimum atomic E-state index is 0.870. The third-order valence-electron chi connectivity index (χ3n) is 2.34. The summed E-state index contributed by atoms with van der Waals surface area (Å²) in [6.45, 7) is 5.11. The molecular formula is C12H16N4S2. The number of anilines is 1. The molecule has 2 aromatic rings. The SMILES string of the molecule is CCCc1c(NCC)ncnc1Sc1nccs1. The van der Waals surface area contributed by atoms with Crippen LogP contribution in [0.15, 0.2) is 27.3 Å². The van der Waals surface area contributed by atoms with Crippen LogP contribution in [0.25, 0.3) is 0 Å². The van der Waals surface area contributed by atoms with Gasteiger partial charge in [-0.3, -0.25) is 0 Å². The highest BCUT2D eigenvalue weighted by atomic mass is 32.2. The molecule has 4 nitrogen and oxygen atoms in total. The molecule has 0 spiro atoms. The molecule has 0 amide bonds. The normalized spacial score (nSPS) is 10.6. The van der Waals surface area contributed by atoms with Crippen molar-refractivity contribution in [2.24, 2.45) is 0 Å². The molecule has 2 rings (SSSR count). The second kappa shape index (κ2) is 6.70. The molecule has 6 heteroatoms. The van der Waals surface area contributed by atoms with E-state index in [1.807, 2.05) is 11.6 Å². The highest BCUT2D eigenvalue weighted by molar-refractivity contribution is 8.01. The van der Waals surface area contributed by atoms with Crippen molar-refractivity contribution in [2.45, 2.75) is 36.1 Å². The first kappa shape index (κ1) is 13.3. The van der Waals surface area contributed by atoms with Gasteiger partial charge in [0.2, 0.25) is 0 Å². The van der Waals surface area contributed by atoms with Crippen LogP contribution in [0.2, 0.25) is 0 Å². The second-order valence-corrected chi connectivity index (χ2v) is 5.82. The topological polar surface area (TPSA) is 50.7 Å². The van der Waals surface area contributed by atoms with Crippen LogP contribution in [-0.4, -0.2) is 21.5 Å². The summed E-state index contributed by atoms with van der Waals surface area (Å²) in [5.74, 6) is 0.952. The molecular weight excluding hydrogens is 264 g/mol. The molecule has 0 atom stereocenters. The van der Waals surface area contributed by atoms with E-state index in [2.05, 4.69) is 34.1 Å². The third-order valence-corrected chi connectivity index (χ3v) is 4.27. The van der Waals surface area contributed by atoms with Crippen molar-refractivity contribution in [3.63, 3.8) is 0 Å². The third kappa shape index (κ3) is 3.20. The van der Waals surface area contributed by atoms with E-state index in [1.165, 1.54) is 5.56 Å². The molecule has 0 unspecified atom stereocenters. The Labute approximate surface area is 115 Å². The van der Waals surface area contributed by atoms with Crippen molar-refractivity contribution in [2.75, 3.05) is 11.9 Å². The van der Waals surface area contributed by atoms with E-state index < -0.39 is 0 Å². The van der Waals surface area contributed by atoms with Gasteiger partial charge in [0.15, 0.2) is 4.34 Å². The minimum Gasteiger partial charge on any atom is -0.370 e. The molecule has 2 heterocycles. The number of nitrogens with one attached hydrogen (secondary N) is 1. The van der Waals surface area contributed by atoms with Crippen LogP contribution in [0, 0.1) is 0 Å². The molecule has 0 saturated heterocycles. The zero-order valence-electron chi connectivity index (χ0n) is 10.5. The Balaban J connectivity index is 2.29. The maximum Gasteiger partial charge on any atom is 0.156 e. The molecule has 0 aliphatic heterocycles. The fourth-order valence-corrected chi connectivity index (χ4v) is 3.28. The lowest BCUT2D eigenvalue weighted by Gasteiger charge is -2.11. The molecule has 2 aromatic heterocycles. The Bertz CT molecular complexity index is 485. The maximum atomic E-state index is 4.39. The lowest BCUT2D eigenvalue weighted by atomic mass is 10.2. The van der Waals surface area contributed by atoms with Gasteiger partial charge in [0, 0.05) is 23.7 Å². The van der Waals surface area contributed by atoms with E-state index >= 15 is 0 Å². The summed E-state index contributed by atoms with van der Waals surface area (Å²) in [4.78, 5) is 13.0. The minimum absolute atomic E-state index is 0.870. The zero-order chi connectivity index (χ0) is 12.8. The highest BCUT2D eigenvalue weighted by Gasteiger charge is 2.12. The highest BCUT2D eigenvalue weighted by Crippen LogP contribution is 2.32. The Morgan fingerprint density at radius 3 is 2.83 bits per heavy atom. The van der Waals surface area contributed by atoms with Crippen LogP contribution in [0.4, 0.5) is 5.82 Å². The van der Waals surface area contributed by atoms with E-state index in [0.29, 0.717) is 0 Å². The van der Waals surface area contributed by atoms with Crippen molar-refractivity contribution < 1.29 is 0 Å². The first-order valence-electron chi connectivity index (χ1n) is 6.00. The molecule has 0 fully saturated rings. The number of nitrogens with zero attached hydrogens (tertiary/aromatic N) is 3. The maximum absolute atomic E-state index is 4.39. The molecule has 0 bridgehead atoms. The summed E-state index contributed by atoms with van der Waals surface area (Å²) in [6.07, 6.45) is 5.50. The molecule has 0 aromatic carbocycles. The van der Waals surface area contributed by atoms with Gasteiger partial charge in [-0.15, -0.1) is 11.3 Å². The van der Waals surface area contributed by atoms with Gasteiger partial charge in [-0.25, -0.2) is 15.0 Å². The summed E-state index contributed by atoms with van der Waals surface area (Å²) in [6, 6.07) is 0. The van der Waals surface area contributed by atoms with Crippen molar-refractivity contribution >= 4 is 28.9 Å². The molecule has 1 N–H and O–H groups in total. The Hall–Kier alpha value is -1.14. The van der Waals surface area contributed by atoms with Crippen molar-refractivity contribution in [1.82, 2.24) is 15.0 Å². The van der Waals surface area contributed by atoms with Crippen LogP contribution in [0.3, 0.4) is 0 Å². The van der Waals surface area contributed by atoms with E-state index in [1.54, 1.807) is 29.4 Å². The van der Waals surface area contributed by atoms with Gasteiger partial charge in [-0.1, -0.05) is 13.3 Å². The fourth-order valence-electron chi connectivity index (χ4n) is 1.62. The molecule has 0 aliphatic carbocycles. The van der Waals surface area contributed by atoms with Gasteiger partial charge in [0.05, 0.1) is 0 Å². The quantitative estimate of drug-likeness (QED) is 0.821. The standard InChI is InChI=1S/C12H16N4S2/c1-3-5-9-10(13-4-2)15-8-16-11(9)18-12-14-6-7-17-12/h6-8H,3-5H2,1-2H3,(H,13,15,16). The predicted molar refractivity (Wildman–Crippen MR) is 76.4 cm³/mol. The number of rotatable bonds is 6. The molecule has 0 saturated carbocycles. The summed E-state index contributed by atoms with van der Waals surface area (Å²) in [5, 5.41) is 6.29. The van der Waals surface area contributed by atoms with Gasteiger partial charge in [0.1, 0.15) is 17.2 Å². The molecule has 96 valence electrons. The van der Waals surface area contributed by atoms with Gasteiger partial charge in [-0.2, -0.15) is 0 Å². The van der Waals surface area contributed by atoms with Gasteiger partial charge >= 0.3 is 0 Å². The Morgan fingerprint density at radius 2 is 2.17 bits per heavy atom. The monoisotopic (exact) mass is 280 g/mol. The van der Waals surface area contributed by atoms with Crippen molar-refractivity contribution in [1.29, 1.82) is 0 Å². The summed E-state index contributed by atoms with van der Waals surface area (Å²) >= 11 is 3.25. The van der Waals surface area contributed by atoms with Gasteiger partial charge < -0.3 is 5.32 Å². The predicted octanol–water partition coefficient (Wildman–Crippen LogP) is 3.47. The molecule has 18 heavy (non-hydrogen) atoms. The average Bonchev–Trinajstić information content (AvgIpc) is 2.86. The van der Waals surface area contributed by atoms with E-state index in [0.717, 1.165) is 34.6 Å². The van der Waals surface area contributed by atoms with Crippen LogP contribution in [0.5, 0.6) is 0 Å². The molecule has 0 aliphatic rings. The summed E-state index contributed by atoms with van der Waals surface area (Å²) in [7, 11) is 0. The number of aromatic nitrogens is 3. The van der Waals surface area contributed by atoms with Crippen LogP contribution in [0.1, 0.15) is 25.8 Å². The lowest BCUT2D eigenvalue weighted by molar-refractivity contribution is 0.855. The Kier molecular flexibility index (Phi) is 4.95. The smallest absolute Gasteiger partial charge is 0.156 e. The number of hydrogen-bond donors (Lipinski definition) is 1. The number of hydrogen-bond acceptors (Lipinski definition) is 6. The lowest BCUT2D eigenvalue weighted by Crippen LogP contribution is -2.05. The van der Waals surface area contributed by atoms with E-state index in [9.17, 15) is 0 Å². The van der Waals surface area contributed by atoms with Crippen LogP contribution >= 0.6 is 23.1 Å². The van der Waals surface area contributed by atoms with Crippen LogP contribution in [-0.2, 0) is 6.42 Å². The first-order valence-corrected chi connectivity index (χ1v) is 7.69. The second-order valence-electron chi connectivity index (χ2n) is 3.69. The first-order chi connectivity index (χ1) is 8.85. The van der Waals surface area contributed by atoms with Crippen LogP contribution < -0.4 is 5.32 Å².